The number of hydrogen-bond acceptors (Lipinski definition) is 2. The van der Waals surface area contributed by atoms with Gasteiger partial charge in [0.2, 0.25) is 0 Å². The van der Waals surface area contributed by atoms with Crippen molar-refractivity contribution in [2.75, 3.05) is 6.61 Å². The Kier molecular flexibility index (Phi) is 5.64. The molecule has 1 rings (SSSR count). The van der Waals surface area contributed by atoms with Gasteiger partial charge in [-0.3, -0.25) is 0 Å². The lowest BCUT2D eigenvalue weighted by atomic mass is 9.75. The second-order valence-corrected chi connectivity index (χ2v) is 5.89. The lowest BCUT2D eigenvalue weighted by molar-refractivity contribution is -0.110. The largest absolute Gasteiger partial charge is 0.497 e. The molecular formula is C16H26O2. The van der Waals surface area contributed by atoms with Crippen molar-refractivity contribution in [2.24, 2.45) is 11.3 Å². The van der Waals surface area contributed by atoms with Crippen molar-refractivity contribution < 1.29 is 9.53 Å². The number of rotatable bonds is 7. The number of ether oxygens (including phenoxy) is 1. The molecule has 0 N–H and O–H groups in total. The van der Waals surface area contributed by atoms with E-state index in [9.17, 15) is 4.79 Å². The fraction of sp³-hybridized carbons (Fsp3) is 0.688. The maximum Gasteiger partial charge on any atom is 0.134 e. The highest BCUT2D eigenvalue weighted by molar-refractivity contribution is 5.64. The summed E-state index contributed by atoms with van der Waals surface area (Å²) in [4.78, 5) is 11.1. The SMILES string of the molecule is C=C1CC(C)(C)C=C(OCCCCCC)C1C=O. The topological polar surface area (TPSA) is 26.3 Å². The molecule has 1 atom stereocenters. The zero-order chi connectivity index (χ0) is 13.6. The molecule has 0 aromatic rings. The zero-order valence-electron chi connectivity index (χ0n) is 12.0. The summed E-state index contributed by atoms with van der Waals surface area (Å²) in [6.45, 7) is 11.2. The molecule has 0 fully saturated rings. The third-order valence-corrected chi connectivity index (χ3v) is 3.36. The van der Waals surface area contributed by atoms with E-state index in [2.05, 4.69) is 33.4 Å². The Labute approximate surface area is 111 Å². The van der Waals surface area contributed by atoms with Gasteiger partial charge in [0.1, 0.15) is 12.0 Å². The van der Waals surface area contributed by atoms with Gasteiger partial charge in [0.25, 0.3) is 0 Å². The molecule has 102 valence electrons. The Morgan fingerprint density at radius 2 is 2.17 bits per heavy atom. The molecule has 0 aromatic heterocycles. The third kappa shape index (κ3) is 4.32. The molecule has 0 heterocycles. The van der Waals surface area contributed by atoms with E-state index in [4.69, 9.17) is 4.74 Å². The van der Waals surface area contributed by atoms with Crippen LogP contribution in [0, 0.1) is 11.3 Å². The second kappa shape index (κ2) is 6.77. The lowest BCUT2D eigenvalue weighted by Gasteiger charge is -2.32. The van der Waals surface area contributed by atoms with Crippen LogP contribution < -0.4 is 0 Å². The third-order valence-electron chi connectivity index (χ3n) is 3.36. The average Bonchev–Trinajstić information content (AvgIpc) is 2.27. The number of allylic oxidation sites excluding steroid dienone is 2. The van der Waals surface area contributed by atoms with E-state index in [1.54, 1.807) is 0 Å². The fourth-order valence-corrected chi connectivity index (χ4v) is 2.44. The molecule has 2 heteroatoms. The minimum Gasteiger partial charge on any atom is -0.497 e. The number of hydrogen-bond donors (Lipinski definition) is 0. The Bertz CT molecular complexity index is 326. The van der Waals surface area contributed by atoms with Crippen molar-refractivity contribution in [3.8, 4) is 0 Å². The predicted octanol–water partition coefficient (Wildman–Crippen LogP) is 4.27. The van der Waals surface area contributed by atoms with Gasteiger partial charge in [-0.25, -0.2) is 0 Å². The average molecular weight is 250 g/mol. The maximum atomic E-state index is 11.1. The van der Waals surface area contributed by atoms with Crippen LogP contribution in [0.5, 0.6) is 0 Å². The maximum absolute atomic E-state index is 11.1. The summed E-state index contributed by atoms with van der Waals surface area (Å²) in [5.74, 6) is 0.576. The number of carbonyl (C=O) groups is 1. The Balaban J connectivity index is 2.56. The van der Waals surface area contributed by atoms with Crippen LogP contribution in [0.25, 0.3) is 0 Å². The first-order valence-electron chi connectivity index (χ1n) is 6.98. The molecule has 0 radical (unpaired) electrons. The lowest BCUT2D eigenvalue weighted by Crippen LogP contribution is -2.24. The smallest absolute Gasteiger partial charge is 0.134 e. The van der Waals surface area contributed by atoms with Crippen LogP contribution in [-0.2, 0) is 9.53 Å². The first kappa shape index (κ1) is 15.0. The quantitative estimate of drug-likeness (QED) is 0.383. The number of unbranched alkanes of at least 4 members (excludes halogenated alkanes) is 3. The summed E-state index contributed by atoms with van der Waals surface area (Å²) in [5, 5.41) is 0. The zero-order valence-corrected chi connectivity index (χ0v) is 12.0. The van der Waals surface area contributed by atoms with Crippen LogP contribution in [0.1, 0.15) is 52.9 Å². The molecular weight excluding hydrogens is 224 g/mol. The van der Waals surface area contributed by atoms with E-state index in [-0.39, 0.29) is 11.3 Å². The predicted molar refractivity (Wildman–Crippen MR) is 75.3 cm³/mol. The van der Waals surface area contributed by atoms with E-state index >= 15 is 0 Å². The van der Waals surface area contributed by atoms with Gasteiger partial charge in [0.05, 0.1) is 12.5 Å². The summed E-state index contributed by atoms with van der Waals surface area (Å²) in [5.41, 5.74) is 1.02. The van der Waals surface area contributed by atoms with E-state index in [1.807, 2.05) is 0 Å². The van der Waals surface area contributed by atoms with Gasteiger partial charge in [-0.1, -0.05) is 52.2 Å². The highest BCUT2D eigenvalue weighted by Crippen LogP contribution is 2.39. The summed E-state index contributed by atoms with van der Waals surface area (Å²) < 4.78 is 5.81. The van der Waals surface area contributed by atoms with Gasteiger partial charge in [-0.2, -0.15) is 0 Å². The van der Waals surface area contributed by atoms with Crippen molar-refractivity contribution in [3.63, 3.8) is 0 Å². The standard InChI is InChI=1S/C16H26O2/c1-5-6-7-8-9-18-15-11-16(3,4)10-13(2)14(15)12-17/h11-12,14H,2,5-10H2,1,3-4H3. The molecule has 0 saturated carbocycles. The van der Waals surface area contributed by atoms with Gasteiger partial charge in [0.15, 0.2) is 0 Å². The molecule has 2 nitrogen and oxygen atoms in total. The van der Waals surface area contributed by atoms with Crippen molar-refractivity contribution in [1.82, 2.24) is 0 Å². The molecule has 1 aliphatic carbocycles. The van der Waals surface area contributed by atoms with E-state index in [0.29, 0.717) is 6.61 Å². The van der Waals surface area contributed by atoms with Crippen molar-refractivity contribution in [2.45, 2.75) is 52.9 Å². The van der Waals surface area contributed by atoms with E-state index in [1.165, 1.54) is 19.3 Å². The second-order valence-electron chi connectivity index (χ2n) is 5.89. The summed E-state index contributed by atoms with van der Waals surface area (Å²) in [6, 6.07) is 0. The van der Waals surface area contributed by atoms with Gasteiger partial charge in [0, 0.05) is 0 Å². The van der Waals surface area contributed by atoms with Crippen LogP contribution >= 0.6 is 0 Å². The normalized spacial score (nSPS) is 22.5. The molecule has 18 heavy (non-hydrogen) atoms. The summed E-state index contributed by atoms with van der Waals surface area (Å²) in [6.07, 6.45) is 8.64. The highest BCUT2D eigenvalue weighted by Gasteiger charge is 2.31. The number of aldehydes is 1. The van der Waals surface area contributed by atoms with Gasteiger partial charge < -0.3 is 9.53 Å². The van der Waals surface area contributed by atoms with Crippen molar-refractivity contribution in [1.29, 1.82) is 0 Å². The number of carbonyl (C=O) groups excluding carboxylic acids is 1. The molecule has 0 aliphatic heterocycles. The van der Waals surface area contributed by atoms with Crippen LogP contribution in [-0.4, -0.2) is 12.9 Å². The van der Waals surface area contributed by atoms with Gasteiger partial charge in [-0.15, -0.1) is 0 Å². The first-order valence-corrected chi connectivity index (χ1v) is 6.98. The van der Waals surface area contributed by atoms with Crippen LogP contribution in [0.2, 0.25) is 0 Å². The van der Waals surface area contributed by atoms with Crippen molar-refractivity contribution in [3.05, 3.63) is 24.0 Å². The first-order chi connectivity index (χ1) is 8.50. The monoisotopic (exact) mass is 250 g/mol. The minimum atomic E-state index is -0.232. The molecule has 0 spiro atoms. The van der Waals surface area contributed by atoms with Crippen molar-refractivity contribution >= 4 is 6.29 Å². The van der Waals surface area contributed by atoms with Crippen LogP contribution in [0.3, 0.4) is 0 Å². The Hall–Kier alpha value is -1.05. The molecule has 0 bridgehead atoms. The Morgan fingerprint density at radius 3 is 2.78 bits per heavy atom. The minimum absolute atomic E-state index is 0.0509. The molecule has 1 unspecified atom stereocenters. The van der Waals surface area contributed by atoms with E-state index in [0.717, 1.165) is 30.5 Å². The molecule has 0 aromatic carbocycles. The van der Waals surface area contributed by atoms with Crippen LogP contribution in [0.4, 0.5) is 0 Å². The van der Waals surface area contributed by atoms with Gasteiger partial charge in [-0.05, 0) is 24.3 Å². The van der Waals surface area contributed by atoms with Crippen LogP contribution in [0.15, 0.2) is 24.0 Å². The molecule has 1 aliphatic rings. The molecule has 0 saturated heterocycles. The van der Waals surface area contributed by atoms with Gasteiger partial charge >= 0.3 is 0 Å². The molecule has 0 amide bonds. The summed E-state index contributed by atoms with van der Waals surface area (Å²) in [7, 11) is 0. The fourth-order valence-electron chi connectivity index (χ4n) is 2.44. The highest BCUT2D eigenvalue weighted by atomic mass is 16.5. The van der Waals surface area contributed by atoms with E-state index < -0.39 is 0 Å². The summed E-state index contributed by atoms with van der Waals surface area (Å²) >= 11 is 0. The Morgan fingerprint density at radius 1 is 1.44 bits per heavy atom.